The van der Waals surface area contributed by atoms with Crippen LogP contribution in [0.15, 0.2) is 0 Å². The van der Waals surface area contributed by atoms with Crippen LogP contribution in [0, 0.1) is 11.8 Å². The summed E-state index contributed by atoms with van der Waals surface area (Å²) < 4.78 is 0. The van der Waals surface area contributed by atoms with E-state index in [-0.39, 0.29) is 11.8 Å². The van der Waals surface area contributed by atoms with E-state index in [0.717, 1.165) is 18.9 Å². The molecule has 0 aromatic heterocycles. The summed E-state index contributed by atoms with van der Waals surface area (Å²) in [6, 6.07) is 0. The Morgan fingerprint density at radius 2 is 2.33 bits per heavy atom. The number of hydrogen-bond donors (Lipinski definition) is 2. The number of amides is 1. The van der Waals surface area contributed by atoms with E-state index in [1.54, 1.807) is 0 Å². The standard InChI is InChI=1S/C9H18N2O/c1-7(6-10)9(12)11-5-4-8-2-3-8/h7-8H,2-6,10H2,1H3,(H,11,12). The molecule has 0 saturated heterocycles. The van der Waals surface area contributed by atoms with Crippen LogP contribution in [0.2, 0.25) is 0 Å². The number of nitrogens with two attached hydrogens (primary N) is 1. The topological polar surface area (TPSA) is 55.1 Å². The highest BCUT2D eigenvalue weighted by Crippen LogP contribution is 2.31. The van der Waals surface area contributed by atoms with Gasteiger partial charge < -0.3 is 11.1 Å². The van der Waals surface area contributed by atoms with Gasteiger partial charge in [0.2, 0.25) is 5.91 Å². The minimum absolute atomic E-state index is 0.0378. The van der Waals surface area contributed by atoms with E-state index in [1.165, 1.54) is 12.8 Å². The average Bonchev–Trinajstić information content (AvgIpc) is 2.86. The molecule has 70 valence electrons. The minimum atomic E-state index is -0.0378. The molecular weight excluding hydrogens is 152 g/mol. The monoisotopic (exact) mass is 170 g/mol. The Bertz CT molecular complexity index is 155. The summed E-state index contributed by atoms with van der Waals surface area (Å²) in [6.07, 6.45) is 3.84. The highest BCUT2D eigenvalue weighted by atomic mass is 16.1. The second-order valence-electron chi connectivity index (χ2n) is 3.66. The van der Waals surface area contributed by atoms with Crippen LogP contribution >= 0.6 is 0 Å². The van der Waals surface area contributed by atoms with Gasteiger partial charge in [0.05, 0.1) is 0 Å². The molecule has 1 aliphatic carbocycles. The first-order valence-corrected chi connectivity index (χ1v) is 4.71. The fraction of sp³-hybridized carbons (Fsp3) is 0.889. The first-order valence-electron chi connectivity index (χ1n) is 4.71. The predicted molar refractivity (Wildman–Crippen MR) is 48.6 cm³/mol. The lowest BCUT2D eigenvalue weighted by Crippen LogP contribution is -2.33. The predicted octanol–water partition coefficient (Wildman–Crippen LogP) is 0.497. The Morgan fingerprint density at radius 1 is 1.67 bits per heavy atom. The van der Waals surface area contributed by atoms with Crippen molar-refractivity contribution in [2.24, 2.45) is 17.6 Å². The van der Waals surface area contributed by atoms with Gasteiger partial charge in [-0.05, 0) is 12.3 Å². The van der Waals surface area contributed by atoms with Crippen LogP contribution in [0.5, 0.6) is 0 Å². The maximum absolute atomic E-state index is 11.2. The van der Waals surface area contributed by atoms with Crippen molar-refractivity contribution in [2.45, 2.75) is 26.2 Å². The highest BCUT2D eigenvalue weighted by Gasteiger charge is 2.20. The molecule has 0 bridgehead atoms. The maximum Gasteiger partial charge on any atom is 0.224 e. The van der Waals surface area contributed by atoms with E-state index in [9.17, 15) is 4.79 Å². The van der Waals surface area contributed by atoms with E-state index < -0.39 is 0 Å². The fourth-order valence-electron chi connectivity index (χ4n) is 1.09. The number of carbonyl (C=O) groups is 1. The third-order valence-corrected chi connectivity index (χ3v) is 2.35. The lowest BCUT2D eigenvalue weighted by Gasteiger charge is -2.08. The van der Waals surface area contributed by atoms with Crippen molar-refractivity contribution >= 4 is 5.91 Å². The van der Waals surface area contributed by atoms with E-state index in [4.69, 9.17) is 5.73 Å². The smallest absolute Gasteiger partial charge is 0.224 e. The molecule has 1 aliphatic rings. The average molecular weight is 170 g/mol. The Hall–Kier alpha value is -0.570. The van der Waals surface area contributed by atoms with Gasteiger partial charge in [0, 0.05) is 19.0 Å². The summed E-state index contributed by atoms with van der Waals surface area (Å²) in [6.45, 7) is 3.12. The second kappa shape index (κ2) is 4.45. The zero-order valence-electron chi connectivity index (χ0n) is 7.68. The lowest BCUT2D eigenvalue weighted by molar-refractivity contribution is -0.124. The normalized spacial score (nSPS) is 18.8. The van der Waals surface area contributed by atoms with Gasteiger partial charge in [0.25, 0.3) is 0 Å². The van der Waals surface area contributed by atoms with Gasteiger partial charge in [-0.2, -0.15) is 0 Å². The molecule has 1 atom stereocenters. The summed E-state index contributed by atoms with van der Waals surface area (Å²) >= 11 is 0. The van der Waals surface area contributed by atoms with Crippen molar-refractivity contribution in [1.82, 2.24) is 5.32 Å². The van der Waals surface area contributed by atoms with Crippen molar-refractivity contribution in [3.63, 3.8) is 0 Å². The summed E-state index contributed by atoms with van der Waals surface area (Å²) in [5, 5.41) is 2.89. The minimum Gasteiger partial charge on any atom is -0.356 e. The molecule has 1 rings (SSSR count). The largest absolute Gasteiger partial charge is 0.356 e. The van der Waals surface area contributed by atoms with Gasteiger partial charge in [-0.15, -0.1) is 0 Å². The van der Waals surface area contributed by atoms with Gasteiger partial charge in [-0.3, -0.25) is 4.79 Å². The Morgan fingerprint density at radius 3 is 2.83 bits per heavy atom. The molecule has 3 nitrogen and oxygen atoms in total. The van der Waals surface area contributed by atoms with Crippen LogP contribution in [0.1, 0.15) is 26.2 Å². The van der Waals surface area contributed by atoms with Crippen LogP contribution in [-0.2, 0) is 4.79 Å². The van der Waals surface area contributed by atoms with Gasteiger partial charge in [0.1, 0.15) is 0 Å². The summed E-state index contributed by atoms with van der Waals surface area (Å²) in [5.41, 5.74) is 5.36. The Labute approximate surface area is 73.7 Å². The molecule has 12 heavy (non-hydrogen) atoms. The second-order valence-corrected chi connectivity index (χ2v) is 3.66. The summed E-state index contributed by atoms with van der Waals surface area (Å²) in [5.74, 6) is 0.945. The van der Waals surface area contributed by atoms with Crippen LogP contribution in [0.4, 0.5) is 0 Å². The van der Waals surface area contributed by atoms with E-state index >= 15 is 0 Å². The van der Waals surface area contributed by atoms with Gasteiger partial charge in [0.15, 0.2) is 0 Å². The van der Waals surface area contributed by atoms with Gasteiger partial charge in [-0.1, -0.05) is 19.8 Å². The number of nitrogens with one attached hydrogen (secondary N) is 1. The maximum atomic E-state index is 11.2. The van der Waals surface area contributed by atoms with Gasteiger partial charge in [-0.25, -0.2) is 0 Å². The molecule has 0 heterocycles. The summed E-state index contributed by atoms with van der Waals surface area (Å²) in [4.78, 5) is 11.2. The molecule has 0 aliphatic heterocycles. The Kier molecular flexibility index (Phi) is 3.53. The van der Waals surface area contributed by atoms with Crippen LogP contribution in [-0.4, -0.2) is 19.0 Å². The van der Waals surface area contributed by atoms with Crippen LogP contribution < -0.4 is 11.1 Å². The van der Waals surface area contributed by atoms with Crippen LogP contribution in [0.3, 0.4) is 0 Å². The van der Waals surface area contributed by atoms with Crippen molar-refractivity contribution in [2.75, 3.05) is 13.1 Å². The van der Waals surface area contributed by atoms with E-state index in [1.807, 2.05) is 6.92 Å². The molecule has 1 saturated carbocycles. The highest BCUT2D eigenvalue weighted by molar-refractivity contribution is 5.78. The Balaban J connectivity index is 2.00. The van der Waals surface area contributed by atoms with Crippen molar-refractivity contribution in [3.8, 4) is 0 Å². The first kappa shape index (κ1) is 9.52. The SMILES string of the molecule is CC(CN)C(=O)NCCC1CC1. The quantitative estimate of drug-likeness (QED) is 0.631. The van der Waals surface area contributed by atoms with Crippen molar-refractivity contribution in [3.05, 3.63) is 0 Å². The molecule has 3 N–H and O–H groups in total. The molecule has 0 aromatic carbocycles. The van der Waals surface area contributed by atoms with Crippen molar-refractivity contribution < 1.29 is 4.79 Å². The molecule has 3 heteroatoms. The third kappa shape index (κ3) is 3.22. The zero-order chi connectivity index (χ0) is 8.97. The molecule has 1 fully saturated rings. The van der Waals surface area contributed by atoms with Crippen molar-refractivity contribution in [1.29, 1.82) is 0 Å². The van der Waals surface area contributed by atoms with Crippen LogP contribution in [0.25, 0.3) is 0 Å². The molecular formula is C9H18N2O. The molecule has 1 amide bonds. The first-order chi connectivity index (χ1) is 5.74. The van der Waals surface area contributed by atoms with Gasteiger partial charge >= 0.3 is 0 Å². The molecule has 1 unspecified atom stereocenters. The number of hydrogen-bond acceptors (Lipinski definition) is 2. The number of carbonyl (C=O) groups excluding carboxylic acids is 1. The fourth-order valence-corrected chi connectivity index (χ4v) is 1.09. The van der Waals surface area contributed by atoms with E-state index in [0.29, 0.717) is 6.54 Å². The summed E-state index contributed by atoms with van der Waals surface area (Å²) in [7, 11) is 0. The van der Waals surface area contributed by atoms with E-state index in [2.05, 4.69) is 5.32 Å². The molecule has 0 aromatic rings. The number of rotatable bonds is 5. The molecule has 0 radical (unpaired) electrons. The third-order valence-electron chi connectivity index (χ3n) is 2.35. The lowest BCUT2D eigenvalue weighted by atomic mass is 10.1. The molecule has 0 spiro atoms. The zero-order valence-corrected chi connectivity index (χ0v) is 7.68.